The lowest BCUT2D eigenvalue weighted by atomic mass is 10.0. The standard InChI is InChI=1S/C22H29ClO4SSi/c1-22(2,3)29(5,6)27-20(15-8-7-9-16(23)12-15)17-13-18(21-25-10-11-26-21)28-19(17)14-24-4/h7-13,20-21H,14H2,1-6H3. The highest BCUT2D eigenvalue weighted by Gasteiger charge is 2.40. The minimum Gasteiger partial charge on any atom is -0.454 e. The fourth-order valence-corrected chi connectivity index (χ4v) is 5.41. The van der Waals surface area contributed by atoms with Crippen LogP contribution in [0.4, 0.5) is 0 Å². The number of hydrogen-bond acceptors (Lipinski definition) is 5. The molecule has 1 aromatic heterocycles. The van der Waals surface area contributed by atoms with E-state index in [4.69, 9.17) is 30.2 Å². The van der Waals surface area contributed by atoms with E-state index < -0.39 is 14.6 Å². The monoisotopic (exact) mass is 452 g/mol. The Labute approximate surface area is 183 Å². The minimum atomic E-state index is -2.07. The van der Waals surface area contributed by atoms with Crippen LogP contribution >= 0.6 is 22.9 Å². The summed E-state index contributed by atoms with van der Waals surface area (Å²) in [4.78, 5) is 2.09. The van der Waals surface area contributed by atoms with E-state index in [-0.39, 0.29) is 11.1 Å². The van der Waals surface area contributed by atoms with Gasteiger partial charge in [0.1, 0.15) is 12.5 Å². The highest BCUT2D eigenvalue weighted by Crippen LogP contribution is 2.45. The first-order valence-corrected chi connectivity index (χ1v) is 13.7. The Hall–Kier alpha value is -1.31. The highest BCUT2D eigenvalue weighted by molar-refractivity contribution is 7.12. The number of rotatable bonds is 7. The minimum absolute atomic E-state index is 0.0751. The summed E-state index contributed by atoms with van der Waals surface area (Å²) in [5, 5.41) is 0.771. The Balaban J connectivity index is 2.07. The molecule has 1 aromatic carbocycles. The number of hydrogen-bond donors (Lipinski definition) is 0. The second-order valence-corrected chi connectivity index (χ2v) is 15.0. The van der Waals surface area contributed by atoms with Gasteiger partial charge in [-0.1, -0.05) is 44.5 Å². The molecule has 1 unspecified atom stereocenters. The Morgan fingerprint density at radius 2 is 1.86 bits per heavy atom. The molecule has 158 valence electrons. The third-order valence-electron chi connectivity index (χ3n) is 5.48. The molecule has 7 heteroatoms. The van der Waals surface area contributed by atoms with Crippen LogP contribution in [0.3, 0.4) is 0 Å². The predicted octanol–water partition coefficient (Wildman–Crippen LogP) is 7.18. The van der Waals surface area contributed by atoms with E-state index in [1.807, 2.05) is 18.2 Å². The smallest absolute Gasteiger partial charge is 0.275 e. The van der Waals surface area contributed by atoms with Crippen molar-refractivity contribution in [3.8, 4) is 0 Å². The molecule has 0 saturated carbocycles. The predicted molar refractivity (Wildman–Crippen MR) is 121 cm³/mol. The Kier molecular flexibility index (Phi) is 6.80. The summed E-state index contributed by atoms with van der Waals surface area (Å²) >= 11 is 7.96. The van der Waals surface area contributed by atoms with Crippen LogP contribution in [0.15, 0.2) is 42.9 Å². The molecule has 0 aliphatic carbocycles. The molecule has 1 aliphatic heterocycles. The van der Waals surface area contributed by atoms with Crippen LogP contribution in [0.2, 0.25) is 23.2 Å². The van der Waals surface area contributed by atoms with Crippen molar-refractivity contribution in [3.63, 3.8) is 0 Å². The summed E-state index contributed by atoms with van der Waals surface area (Å²) < 4.78 is 23.5. The van der Waals surface area contributed by atoms with E-state index in [0.29, 0.717) is 11.6 Å². The maximum atomic E-state index is 6.93. The van der Waals surface area contributed by atoms with Crippen molar-refractivity contribution >= 4 is 31.3 Å². The Morgan fingerprint density at radius 3 is 2.45 bits per heavy atom. The fourth-order valence-electron chi connectivity index (χ4n) is 2.87. The van der Waals surface area contributed by atoms with Gasteiger partial charge in [0.25, 0.3) is 6.29 Å². The summed E-state index contributed by atoms with van der Waals surface area (Å²) in [5.41, 5.74) is 2.12. The lowest BCUT2D eigenvalue weighted by Gasteiger charge is -2.39. The van der Waals surface area contributed by atoms with E-state index in [2.05, 4.69) is 46.0 Å². The Bertz CT molecular complexity index is 864. The van der Waals surface area contributed by atoms with Gasteiger partial charge in [0.05, 0.1) is 17.6 Å². The van der Waals surface area contributed by atoms with Gasteiger partial charge in [0.15, 0.2) is 8.32 Å². The highest BCUT2D eigenvalue weighted by atomic mass is 35.5. The van der Waals surface area contributed by atoms with Gasteiger partial charge in [-0.15, -0.1) is 11.3 Å². The Morgan fingerprint density at radius 1 is 1.17 bits per heavy atom. The molecule has 0 N–H and O–H groups in total. The molecule has 1 atom stereocenters. The summed E-state index contributed by atoms with van der Waals surface area (Å²) in [6.07, 6.45) is 2.48. The van der Waals surface area contributed by atoms with Crippen LogP contribution in [0.1, 0.15) is 54.0 Å². The molecule has 2 aromatic rings. The SMILES string of the molecule is COCc1sc(C2OC=CO2)cc1C(O[Si](C)(C)C(C)(C)C)c1cccc(Cl)c1. The molecule has 0 fully saturated rings. The van der Waals surface area contributed by atoms with Gasteiger partial charge in [-0.2, -0.15) is 0 Å². The molecule has 0 saturated heterocycles. The quantitative estimate of drug-likeness (QED) is 0.417. The van der Waals surface area contributed by atoms with Gasteiger partial charge in [0.2, 0.25) is 0 Å². The van der Waals surface area contributed by atoms with Crippen molar-refractivity contribution in [2.75, 3.05) is 7.11 Å². The average molecular weight is 453 g/mol. The fraction of sp³-hybridized carbons (Fsp3) is 0.455. The van der Waals surface area contributed by atoms with Gasteiger partial charge in [-0.3, -0.25) is 0 Å². The maximum absolute atomic E-state index is 6.93. The molecule has 3 rings (SSSR count). The molecule has 0 bridgehead atoms. The van der Waals surface area contributed by atoms with Crippen LogP contribution in [0, 0.1) is 0 Å². The topological polar surface area (TPSA) is 36.9 Å². The second kappa shape index (κ2) is 8.82. The van der Waals surface area contributed by atoms with E-state index in [1.165, 1.54) is 0 Å². The molecule has 4 nitrogen and oxygen atoms in total. The van der Waals surface area contributed by atoms with Crippen molar-refractivity contribution in [1.82, 2.24) is 0 Å². The van der Waals surface area contributed by atoms with Crippen molar-refractivity contribution in [2.24, 2.45) is 0 Å². The van der Waals surface area contributed by atoms with Crippen LogP contribution in [0.5, 0.6) is 0 Å². The summed E-state index contributed by atoms with van der Waals surface area (Å²) in [7, 11) is -0.368. The second-order valence-electron chi connectivity index (χ2n) is 8.65. The molecule has 0 amide bonds. The maximum Gasteiger partial charge on any atom is 0.275 e. The molecule has 29 heavy (non-hydrogen) atoms. The largest absolute Gasteiger partial charge is 0.454 e. The van der Waals surface area contributed by atoms with Crippen molar-refractivity contribution in [1.29, 1.82) is 0 Å². The van der Waals surface area contributed by atoms with Crippen LogP contribution < -0.4 is 0 Å². The third kappa shape index (κ3) is 5.06. The van der Waals surface area contributed by atoms with Crippen LogP contribution in [0.25, 0.3) is 0 Å². The van der Waals surface area contributed by atoms with Crippen molar-refractivity contribution in [3.05, 3.63) is 68.8 Å². The van der Waals surface area contributed by atoms with Crippen LogP contribution in [-0.4, -0.2) is 15.4 Å². The molecular weight excluding hydrogens is 424 g/mol. The zero-order chi connectivity index (χ0) is 21.2. The van der Waals surface area contributed by atoms with E-state index in [0.717, 1.165) is 20.9 Å². The molecule has 0 radical (unpaired) electrons. The number of benzene rings is 1. The van der Waals surface area contributed by atoms with Gasteiger partial charge in [-0.25, -0.2) is 0 Å². The normalized spacial score (nSPS) is 16.0. The van der Waals surface area contributed by atoms with Crippen molar-refractivity contribution in [2.45, 2.75) is 57.9 Å². The van der Waals surface area contributed by atoms with Gasteiger partial charge < -0.3 is 18.6 Å². The summed E-state index contributed by atoms with van der Waals surface area (Å²) in [6.45, 7) is 11.8. The van der Waals surface area contributed by atoms with Gasteiger partial charge in [0, 0.05) is 22.6 Å². The molecule has 2 heterocycles. The van der Waals surface area contributed by atoms with Crippen LogP contribution in [-0.2, 0) is 25.2 Å². The zero-order valence-corrected chi connectivity index (χ0v) is 20.4. The molecule has 0 spiro atoms. The lowest BCUT2D eigenvalue weighted by Crippen LogP contribution is -2.42. The van der Waals surface area contributed by atoms with E-state index in [9.17, 15) is 0 Å². The zero-order valence-electron chi connectivity index (χ0n) is 17.8. The number of halogens is 1. The van der Waals surface area contributed by atoms with Gasteiger partial charge >= 0.3 is 0 Å². The molecular formula is C22H29ClO4SSi. The first-order valence-electron chi connectivity index (χ1n) is 9.63. The van der Waals surface area contributed by atoms with Gasteiger partial charge in [-0.05, 0) is 41.9 Å². The molecule has 1 aliphatic rings. The average Bonchev–Trinajstić information content (AvgIpc) is 3.29. The van der Waals surface area contributed by atoms with Crippen molar-refractivity contribution < 1.29 is 18.6 Å². The third-order valence-corrected chi connectivity index (χ3v) is 11.3. The van der Waals surface area contributed by atoms with E-state index in [1.54, 1.807) is 31.0 Å². The first-order chi connectivity index (χ1) is 13.6. The summed E-state index contributed by atoms with van der Waals surface area (Å²) in [5.74, 6) is 0. The summed E-state index contributed by atoms with van der Waals surface area (Å²) in [6, 6.07) is 10.0. The number of thiophene rings is 1. The first kappa shape index (κ1) is 22.4. The lowest BCUT2D eigenvalue weighted by molar-refractivity contribution is -0.0217. The van der Waals surface area contributed by atoms with E-state index >= 15 is 0 Å². The number of methoxy groups -OCH3 is 1. The number of ether oxygens (including phenoxy) is 3.